The zero-order valence-corrected chi connectivity index (χ0v) is 34.0. The number of hydrogen-bond donors (Lipinski definition) is 2. The van der Waals surface area contributed by atoms with Gasteiger partial charge in [-0.15, -0.1) is 0 Å². The van der Waals surface area contributed by atoms with E-state index in [-0.39, 0.29) is 23.7 Å². The largest absolute Gasteiger partial charge is 0.505 e. The van der Waals surface area contributed by atoms with E-state index >= 15 is 0 Å². The maximum Gasteiger partial charge on any atom is 0.147 e. The number of para-hydroxylation sites is 6. The highest BCUT2D eigenvalue weighted by atomic mass is 16.5. The fourth-order valence-electron chi connectivity index (χ4n) is 9.71. The summed E-state index contributed by atoms with van der Waals surface area (Å²) in [4.78, 5) is 0. The molecule has 6 nitrogen and oxygen atoms in total. The van der Waals surface area contributed by atoms with Gasteiger partial charge in [-0.05, 0) is 105 Å². The third-order valence-corrected chi connectivity index (χ3v) is 12.4. The normalized spacial score (nSPS) is 15.3. The predicted molar refractivity (Wildman–Crippen MR) is 248 cm³/mol. The number of benzene rings is 8. The fourth-order valence-corrected chi connectivity index (χ4v) is 9.71. The minimum atomic E-state index is -0.239. The van der Waals surface area contributed by atoms with E-state index in [1.807, 2.05) is 84.9 Å². The quantitative estimate of drug-likeness (QED) is 0.161. The van der Waals surface area contributed by atoms with Crippen molar-refractivity contribution < 1.29 is 19.7 Å². The van der Waals surface area contributed by atoms with Gasteiger partial charge in [-0.3, -0.25) is 0 Å². The molecular weight excluding hydrogens is 753 g/mol. The van der Waals surface area contributed by atoms with Crippen molar-refractivity contribution in [1.82, 2.24) is 9.13 Å². The topological polar surface area (TPSA) is 68.8 Å². The molecule has 1 aliphatic carbocycles. The van der Waals surface area contributed by atoms with Crippen LogP contribution in [0.15, 0.2) is 170 Å². The molecule has 61 heavy (non-hydrogen) atoms. The molecule has 298 valence electrons. The molecule has 0 bridgehead atoms. The van der Waals surface area contributed by atoms with Gasteiger partial charge in [-0.1, -0.05) is 109 Å². The van der Waals surface area contributed by atoms with Gasteiger partial charge in [-0.2, -0.15) is 0 Å². The first kappa shape index (κ1) is 36.6. The number of rotatable bonds is 8. The number of hydrogen-bond acceptors (Lipinski definition) is 4. The molecule has 1 saturated carbocycles. The van der Waals surface area contributed by atoms with Crippen molar-refractivity contribution >= 4 is 43.6 Å². The second kappa shape index (κ2) is 14.7. The second-order valence-electron chi connectivity index (χ2n) is 16.3. The van der Waals surface area contributed by atoms with Crippen LogP contribution in [0.4, 0.5) is 0 Å². The van der Waals surface area contributed by atoms with Gasteiger partial charge in [0.05, 0.1) is 33.4 Å². The highest BCUT2D eigenvalue weighted by Gasteiger charge is 2.33. The molecule has 2 atom stereocenters. The molecule has 0 spiro atoms. The van der Waals surface area contributed by atoms with Crippen LogP contribution in [0.3, 0.4) is 0 Å². The third kappa shape index (κ3) is 6.09. The van der Waals surface area contributed by atoms with E-state index in [1.54, 1.807) is 0 Å². The summed E-state index contributed by atoms with van der Waals surface area (Å²) in [6.45, 7) is 4.14. The Kier molecular flexibility index (Phi) is 8.81. The lowest BCUT2D eigenvalue weighted by atomic mass is 9.99. The Morgan fingerprint density at radius 3 is 1.11 bits per heavy atom. The van der Waals surface area contributed by atoms with E-state index < -0.39 is 0 Å². The highest BCUT2D eigenvalue weighted by molar-refractivity contribution is 6.10. The van der Waals surface area contributed by atoms with Crippen LogP contribution in [0.25, 0.3) is 77.2 Å². The highest BCUT2D eigenvalue weighted by Crippen LogP contribution is 2.46. The first-order valence-corrected chi connectivity index (χ1v) is 21.1. The minimum absolute atomic E-state index is 0.194. The Labute approximate surface area is 354 Å². The summed E-state index contributed by atoms with van der Waals surface area (Å²) < 4.78 is 18.2. The van der Waals surface area contributed by atoms with E-state index in [0.29, 0.717) is 22.6 Å². The van der Waals surface area contributed by atoms with Crippen LogP contribution in [-0.2, 0) is 0 Å². The van der Waals surface area contributed by atoms with E-state index in [2.05, 4.69) is 108 Å². The van der Waals surface area contributed by atoms with Gasteiger partial charge in [0.15, 0.2) is 0 Å². The Balaban J connectivity index is 0.939. The van der Waals surface area contributed by atoms with Crippen molar-refractivity contribution in [3.63, 3.8) is 0 Å². The molecule has 0 saturated heterocycles. The first-order valence-electron chi connectivity index (χ1n) is 21.1. The molecule has 0 aliphatic heterocycles. The van der Waals surface area contributed by atoms with E-state index in [1.165, 1.54) is 0 Å². The van der Waals surface area contributed by atoms with Crippen molar-refractivity contribution in [2.75, 3.05) is 0 Å². The minimum Gasteiger partial charge on any atom is -0.505 e. The summed E-state index contributed by atoms with van der Waals surface area (Å²) in [5.74, 6) is 1.77. The number of phenols is 2. The van der Waals surface area contributed by atoms with E-state index in [0.717, 1.165) is 96.5 Å². The molecular formula is C55H44N2O4. The van der Waals surface area contributed by atoms with Crippen molar-refractivity contribution in [3.8, 4) is 56.6 Å². The van der Waals surface area contributed by atoms with Crippen molar-refractivity contribution in [2.45, 2.75) is 45.3 Å². The smallest absolute Gasteiger partial charge is 0.147 e. The number of fused-ring (bicyclic) bond motifs is 6. The standard InChI is InChI=1S/C55H44N2O4/c1-34-30-42(54(58)48(32-34)56-44-22-9-3-16-36(44)37-17-4-10-23-45(37)56)40-20-7-13-26-50(40)60-52-28-15-29-53(52)61-51-27-14-8-21-41(51)43-31-35(2)33-49(55(43)59)57-46-24-11-5-18-38(46)39-19-6-12-25-47(39)57/h3-14,16-27,30-33,52-53,58-59H,15,28-29H2,1-2H3/t52-,53?/m0/s1. The van der Waals surface area contributed by atoms with Gasteiger partial charge in [-0.25, -0.2) is 0 Å². The molecule has 8 aromatic carbocycles. The number of aromatic hydroxyl groups is 2. The number of nitrogens with zero attached hydrogens (tertiary/aromatic N) is 2. The van der Waals surface area contributed by atoms with Gasteiger partial charge in [0.1, 0.15) is 35.2 Å². The van der Waals surface area contributed by atoms with Crippen LogP contribution in [0.5, 0.6) is 23.0 Å². The monoisotopic (exact) mass is 796 g/mol. The second-order valence-corrected chi connectivity index (χ2v) is 16.3. The summed E-state index contributed by atoms with van der Waals surface area (Å²) in [6, 6.07) is 57.5. The van der Waals surface area contributed by atoms with Crippen LogP contribution >= 0.6 is 0 Å². The van der Waals surface area contributed by atoms with Gasteiger partial charge < -0.3 is 28.8 Å². The third-order valence-electron chi connectivity index (χ3n) is 12.4. The van der Waals surface area contributed by atoms with Crippen LogP contribution < -0.4 is 9.47 Å². The average molecular weight is 797 g/mol. The lowest BCUT2D eigenvalue weighted by Gasteiger charge is -2.25. The lowest BCUT2D eigenvalue weighted by Crippen LogP contribution is -2.31. The van der Waals surface area contributed by atoms with E-state index in [9.17, 15) is 10.2 Å². The SMILES string of the molecule is Cc1cc(-c2ccccc2OC2CCC[C@@H]2Oc2ccccc2-c2cc(C)cc(-n3c4ccccc4c4ccccc43)c2O)c(O)c(-n2c3ccccc3c3ccccc32)c1. The molecule has 6 heteroatoms. The predicted octanol–water partition coefficient (Wildman–Crippen LogP) is 13.6. The molecule has 1 aliphatic rings. The Bertz CT molecular complexity index is 2990. The molecule has 2 N–H and O–H groups in total. The summed E-state index contributed by atoms with van der Waals surface area (Å²) in [6.07, 6.45) is 2.11. The van der Waals surface area contributed by atoms with Gasteiger partial charge >= 0.3 is 0 Å². The maximum atomic E-state index is 12.2. The molecule has 2 heterocycles. The Hall–Kier alpha value is -7.44. The summed E-state index contributed by atoms with van der Waals surface area (Å²) in [5, 5.41) is 29.0. The molecule has 10 aromatic rings. The van der Waals surface area contributed by atoms with Gasteiger partial charge in [0.25, 0.3) is 0 Å². The van der Waals surface area contributed by atoms with Crippen molar-refractivity contribution in [2.24, 2.45) is 0 Å². The number of aromatic nitrogens is 2. The Morgan fingerprint density at radius 1 is 0.410 bits per heavy atom. The van der Waals surface area contributed by atoms with Gasteiger partial charge in [0.2, 0.25) is 0 Å². The summed E-state index contributed by atoms with van der Waals surface area (Å²) in [5.41, 5.74) is 10.7. The van der Waals surface area contributed by atoms with Crippen LogP contribution in [-0.4, -0.2) is 31.6 Å². The number of aryl methyl sites for hydroxylation is 2. The summed E-state index contributed by atoms with van der Waals surface area (Å²) >= 11 is 0. The van der Waals surface area contributed by atoms with Crippen molar-refractivity contribution in [1.29, 1.82) is 0 Å². The maximum absolute atomic E-state index is 12.2. The zero-order valence-electron chi connectivity index (χ0n) is 34.0. The molecule has 2 aromatic heterocycles. The lowest BCUT2D eigenvalue weighted by molar-refractivity contribution is 0.0787. The van der Waals surface area contributed by atoms with Crippen LogP contribution in [0.2, 0.25) is 0 Å². The van der Waals surface area contributed by atoms with Gasteiger partial charge in [0, 0.05) is 43.8 Å². The zero-order chi connectivity index (χ0) is 41.2. The van der Waals surface area contributed by atoms with E-state index in [4.69, 9.17) is 9.47 Å². The molecule has 0 amide bonds. The first-order chi connectivity index (χ1) is 29.9. The molecule has 11 rings (SSSR count). The fraction of sp³-hybridized carbons (Fsp3) is 0.127. The summed E-state index contributed by atoms with van der Waals surface area (Å²) in [7, 11) is 0. The number of phenolic OH excluding ortho intramolecular Hbond substituents is 2. The van der Waals surface area contributed by atoms with Crippen LogP contribution in [0, 0.1) is 13.8 Å². The van der Waals surface area contributed by atoms with Crippen molar-refractivity contribution in [3.05, 3.63) is 181 Å². The Morgan fingerprint density at radius 2 is 0.738 bits per heavy atom. The number of ether oxygens (including phenoxy) is 2. The average Bonchev–Trinajstić information content (AvgIpc) is 3.97. The molecule has 0 radical (unpaired) electrons. The molecule has 1 unspecified atom stereocenters. The molecule has 1 fully saturated rings. The van der Waals surface area contributed by atoms with Crippen LogP contribution in [0.1, 0.15) is 30.4 Å².